The number of hydrogen-bond acceptors (Lipinski definition) is 3. The molecule has 0 saturated heterocycles. The van der Waals surface area contributed by atoms with E-state index < -0.39 is 0 Å². The number of furan rings is 1. The molecule has 0 fully saturated rings. The van der Waals surface area contributed by atoms with E-state index in [9.17, 15) is 4.79 Å². The fourth-order valence-corrected chi connectivity index (χ4v) is 2.80. The van der Waals surface area contributed by atoms with Gasteiger partial charge in [-0.25, -0.2) is 0 Å². The van der Waals surface area contributed by atoms with Crippen molar-refractivity contribution in [2.45, 2.75) is 13.3 Å². The Morgan fingerprint density at radius 3 is 2.68 bits per heavy atom. The van der Waals surface area contributed by atoms with Crippen molar-refractivity contribution in [3.05, 3.63) is 64.4 Å². The molecule has 3 aromatic rings. The standard InChI is InChI=1S/C18H15ClO3/c1-3-14-17(12-6-4-5-7-15(12)22-14)18(20)11-8-9-16(21-2)13(19)10-11/h4-10H,3H2,1-2H3. The molecule has 3 nitrogen and oxygen atoms in total. The maximum absolute atomic E-state index is 12.9. The number of carbonyl (C=O) groups is 1. The summed E-state index contributed by atoms with van der Waals surface area (Å²) in [5.74, 6) is 1.15. The van der Waals surface area contributed by atoms with Gasteiger partial charge in [-0.2, -0.15) is 0 Å². The van der Waals surface area contributed by atoms with Gasteiger partial charge in [0.2, 0.25) is 0 Å². The Labute approximate surface area is 133 Å². The number of halogens is 1. The Morgan fingerprint density at radius 2 is 2.00 bits per heavy atom. The third-order valence-corrected chi connectivity index (χ3v) is 3.93. The fraction of sp³-hybridized carbons (Fsp3) is 0.167. The van der Waals surface area contributed by atoms with Crippen LogP contribution >= 0.6 is 11.6 Å². The minimum Gasteiger partial charge on any atom is -0.495 e. The smallest absolute Gasteiger partial charge is 0.197 e. The lowest BCUT2D eigenvalue weighted by molar-refractivity contribution is 0.103. The number of ketones is 1. The van der Waals surface area contributed by atoms with E-state index in [1.54, 1.807) is 25.3 Å². The lowest BCUT2D eigenvalue weighted by atomic mass is 9.99. The van der Waals surface area contributed by atoms with Gasteiger partial charge < -0.3 is 9.15 Å². The molecule has 0 unspecified atom stereocenters. The van der Waals surface area contributed by atoms with Crippen molar-refractivity contribution in [2.24, 2.45) is 0 Å². The van der Waals surface area contributed by atoms with E-state index >= 15 is 0 Å². The van der Waals surface area contributed by atoms with E-state index in [-0.39, 0.29) is 5.78 Å². The summed E-state index contributed by atoms with van der Waals surface area (Å²) in [7, 11) is 1.54. The molecule has 0 aliphatic rings. The van der Waals surface area contributed by atoms with Crippen molar-refractivity contribution in [3.63, 3.8) is 0 Å². The summed E-state index contributed by atoms with van der Waals surface area (Å²) >= 11 is 6.13. The average Bonchev–Trinajstić information content (AvgIpc) is 2.92. The molecular weight excluding hydrogens is 300 g/mol. The Kier molecular flexibility index (Phi) is 3.90. The topological polar surface area (TPSA) is 39.4 Å². The number of aryl methyl sites for hydroxylation is 1. The molecule has 1 heterocycles. The first-order chi connectivity index (χ1) is 10.7. The highest BCUT2D eigenvalue weighted by molar-refractivity contribution is 6.32. The summed E-state index contributed by atoms with van der Waals surface area (Å²) in [4.78, 5) is 12.9. The predicted molar refractivity (Wildman–Crippen MR) is 87.0 cm³/mol. The monoisotopic (exact) mass is 314 g/mol. The molecule has 0 saturated carbocycles. The zero-order chi connectivity index (χ0) is 15.7. The first-order valence-electron chi connectivity index (χ1n) is 7.04. The molecule has 0 amide bonds. The molecule has 0 spiro atoms. The molecule has 0 aliphatic carbocycles. The van der Waals surface area contributed by atoms with E-state index in [4.69, 9.17) is 20.8 Å². The number of fused-ring (bicyclic) bond motifs is 1. The summed E-state index contributed by atoms with van der Waals surface area (Å²) in [6, 6.07) is 12.6. The van der Waals surface area contributed by atoms with Gasteiger partial charge in [-0.15, -0.1) is 0 Å². The SMILES string of the molecule is CCc1oc2ccccc2c1C(=O)c1ccc(OC)c(Cl)c1. The van der Waals surface area contributed by atoms with Gasteiger partial charge in [0.05, 0.1) is 17.7 Å². The minimum absolute atomic E-state index is 0.0913. The predicted octanol–water partition coefficient (Wildman–Crippen LogP) is 4.89. The summed E-state index contributed by atoms with van der Waals surface area (Å²) in [5.41, 5.74) is 1.86. The van der Waals surface area contributed by atoms with Crippen molar-refractivity contribution in [1.82, 2.24) is 0 Å². The van der Waals surface area contributed by atoms with Crippen LogP contribution in [0.2, 0.25) is 5.02 Å². The van der Waals surface area contributed by atoms with Gasteiger partial charge >= 0.3 is 0 Å². The first kappa shape index (κ1) is 14.7. The third kappa shape index (κ3) is 2.38. The van der Waals surface area contributed by atoms with E-state index in [1.807, 2.05) is 31.2 Å². The second kappa shape index (κ2) is 5.85. The Hall–Kier alpha value is -2.26. The average molecular weight is 315 g/mol. The molecule has 0 N–H and O–H groups in total. The van der Waals surface area contributed by atoms with Crippen LogP contribution < -0.4 is 4.74 Å². The molecule has 0 radical (unpaired) electrons. The zero-order valence-corrected chi connectivity index (χ0v) is 13.1. The van der Waals surface area contributed by atoms with Crippen molar-refractivity contribution in [2.75, 3.05) is 7.11 Å². The van der Waals surface area contributed by atoms with Gasteiger partial charge in [-0.3, -0.25) is 4.79 Å². The summed E-state index contributed by atoms with van der Waals surface area (Å²) in [6.45, 7) is 1.97. The zero-order valence-electron chi connectivity index (χ0n) is 12.4. The lowest BCUT2D eigenvalue weighted by Gasteiger charge is -2.06. The Balaban J connectivity index is 2.14. The van der Waals surface area contributed by atoms with Gasteiger partial charge in [0.25, 0.3) is 0 Å². The highest BCUT2D eigenvalue weighted by atomic mass is 35.5. The van der Waals surface area contributed by atoms with E-state index in [0.29, 0.717) is 34.1 Å². The second-order valence-corrected chi connectivity index (χ2v) is 5.34. The van der Waals surface area contributed by atoms with E-state index in [1.165, 1.54) is 0 Å². The second-order valence-electron chi connectivity index (χ2n) is 4.93. The lowest BCUT2D eigenvalue weighted by Crippen LogP contribution is -2.03. The van der Waals surface area contributed by atoms with E-state index in [2.05, 4.69) is 0 Å². The van der Waals surface area contributed by atoms with Gasteiger partial charge in [0.1, 0.15) is 17.1 Å². The van der Waals surface area contributed by atoms with Crippen LogP contribution in [0.15, 0.2) is 46.9 Å². The highest BCUT2D eigenvalue weighted by Crippen LogP contribution is 2.31. The summed E-state index contributed by atoms with van der Waals surface area (Å²) in [6.07, 6.45) is 0.652. The van der Waals surface area contributed by atoms with E-state index in [0.717, 1.165) is 11.0 Å². The van der Waals surface area contributed by atoms with Crippen molar-refractivity contribution in [3.8, 4) is 5.75 Å². The van der Waals surface area contributed by atoms with Crippen LogP contribution in [-0.2, 0) is 6.42 Å². The highest BCUT2D eigenvalue weighted by Gasteiger charge is 2.21. The van der Waals surface area contributed by atoms with Crippen molar-refractivity contribution < 1.29 is 13.9 Å². The van der Waals surface area contributed by atoms with Crippen LogP contribution in [0.3, 0.4) is 0 Å². The van der Waals surface area contributed by atoms with Crippen LogP contribution in [0.5, 0.6) is 5.75 Å². The number of para-hydroxylation sites is 1. The molecule has 0 aliphatic heterocycles. The maximum Gasteiger partial charge on any atom is 0.197 e. The van der Waals surface area contributed by atoms with Gasteiger partial charge in [0.15, 0.2) is 5.78 Å². The summed E-state index contributed by atoms with van der Waals surface area (Å²) < 4.78 is 10.9. The number of ether oxygens (including phenoxy) is 1. The molecule has 1 aromatic heterocycles. The number of carbonyl (C=O) groups excluding carboxylic acids is 1. The van der Waals surface area contributed by atoms with Crippen LogP contribution in [0.4, 0.5) is 0 Å². The summed E-state index contributed by atoms with van der Waals surface area (Å²) in [5, 5.41) is 1.25. The van der Waals surface area contributed by atoms with Crippen molar-refractivity contribution in [1.29, 1.82) is 0 Å². The largest absolute Gasteiger partial charge is 0.495 e. The fourth-order valence-electron chi connectivity index (χ4n) is 2.55. The van der Waals surface area contributed by atoms with Gasteiger partial charge in [0, 0.05) is 17.4 Å². The molecule has 0 bridgehead atoms. The quantitative estimate of drug-likeness (QED) is 0.644. The molecule has 0 atom stereocenters. The minimum atomic E-state index is -0.0913. The molecule has 22 heavy (non-hydrogen) atoms. The number of rotatable bonds is 4. The normalized spacial score (nSPS) is 10.9. The molecule has 4 heteroatoms. The van der Waals surface area contributed by atoms with Crippen LogP contribution in [0.1, 0.15) is 28.6 Å². The molecule has 2 aromatic carbocycles. The number of hydrogen-bond donors (Lipinski definition) is 0. The molecule has 3 rings (SSSR count). The Morgan fingerprint density at radius 1 is 1.23 bits per heavy atom. The van der Waals surface area contributed by atoms with Gasteiger partial charge in [-0.1, -0.05) is 36.7 Å². The van der Waals surface area contributed by atoms with Crippen LogP contribution in [0, 0.1) is 0 Å². The number of methoxy groups -OCH3 is 1. The third-order valence-electron chi connectivity index (χ3n) is 3.63. The van der Waals surface area contributed by atoms with Gasteiger partial charge in [-0.05, 0) is 24.3 Å². The van der Waals surface area contributed by atoms with Crippen LogP contribution in [0.25, 0.3) is 11.0 Å². The maximum atomic E-state index is 12.9. The Bertz CT molecular complexity index is 849. The molecule has 112 valence electrons. The number of benzene rings is 2. The van der Waals surface area contributed by atoms with Crippen molar-refractivity contribution >= 4 is 28.4 Å². The van der Waals surface area contributed by atoms with Crippen LogP contribution in [-0.4, -0.2) is 12.9 Å². The first-order valence-corrected chi connectivity index (χ1v) is 7.42. The molecular formula is C18H15ClO3.